The van der Waals surface area contributed by atoms with E-state index in [1.165, 1.54) is 19.2 Å². The quantitative estimate of drug-likeness (QED) is 0.323. The molecule has 0 spiro atoms. The molecule has 0 atom stereocenters. The molecule has 0 bridgehead atoms. The van der Waals surface area contributed by atoms with Crippen molar-refractivity contribution in [3.8, 4) is 17.2 Å². The van der Waals surface area contributed by atoms with Crippen molar-refractivity contribution in [3.05, 3.63) is 17.7 Å². The number of nitrogens with two attached hydrogens (primary N) is 1. The average molecular weight is 196 g/mol. The highest BCUT2D eigenvalue weighted by Gasteiger charge is 2.09. The van der Waals surface area contributed by atoms with Crippen LogP contribution in [0.1, 0.15) is 5.56 Å². The molecule has 76 valence electrons. The Balaban J connectivity index is 3.09. The number of amidine groups is 1. The number of hydrogen-bond donors (Lipinski definition) is 4. The first kappa shape index (κ1) is 10.2. The standard InChI is InChI=1S/C9H12N2O3/c1-14-7-3-5(4-8(10)11)2-6(12)9(7)13/h2-3,12-13H,4H2,1H3,(H3,10,11). The largest absolute Gasteiger partial charge is 0.504 e. The van der Waals surface area contributed by atoms with Gasteiger partial charge in [0.05, 0.1) is 12.9 Å². The summed E-state index contributed by atoms with van der Waals surface area (Å²) in [6.07, 6.45) is 0.213. The second-order valence-corrected chi connectivity index (χ2v) is 2.87. The Morgan fingerprint density at radius 1 is 1.50 bits per heavy atom. The van der Waals surface area contributed by atoms with Gasteiger partial charge in [0.2, 0.25) is 5.75 Å². The Labute approximate surface area is 81.3 Å². The van der Waals surface area contributed by atoms with E-state index in [-0.39, 0.29) is 29.5 Å². The summed E-state index contributed by atoms with van der Waals surface area (Å²) >= 11 is 0. The zero-order valence-electron chi connectivity index (χ0n) is 7.74. The van der Waals surface area contributed by atoms with Crippen molar-refractivity contribution < 1.29 is 14.9 Å². The van der Waals surface area contributed by atoms with Gasteiger partial charge in [-0.2, -0.15) is 0 Å². The third-order valence-corrected chi connectivity index (χ3v) is 1.73. The third-order valence-electron chi connectivity index (χ3n) is 1.73. The zero-order valence-corrected chi connectivity index (χ0v) is 7.74. The van der Waals surface area contributed by atoms with E-state index in [9.17, 15) is 10.2 Å². The van der Waals surface area contributed by atoms with Crippen molar-refractivity contribution in [2.24, 2.45) is 5.73 Å². The van der Waals surface area contributed by atoms with Gasteiger partial charge in [-0.1, -0.05) is 0 Å². The Kier molecular flexibility index (Phi) is 2.81. The van der Waals surface area contributed by atoms with Crippen LogP contribution >= 0.6 is 0 Å². The molecular weight excluding hydrogens is 184 g/mol. The number of benzene rings is 1. The molecule has 1 aromatic rings. The molecule has 1 rings (SSSR count). The second-order valence-electron chi connectivity index (χ2n) is 2.87. The lowest BCUT2D eigenvalue weighted by molar-refractivity contribution is 0.350. The molecule has 0 fully saturated rings. The highest BCUT2D eigenvalue weighted by molar-refractivity contribution is 5.79. The number of hydrogen-bond acceptors (Lipinski definition) is 4. The fraction of sp³-hybridized carbons (Fsp3) is 0.222. The predicted octanol–water partition coefficient (Wildman–Crippen LogP) is 0.585. The number of phenolic OH excluding ortho intramolecular Hbond substituents is 2. The minimum Gasteiger partial charge on any atom is -0.504 e. The summed E-state index contributed by atoms with van der Waals surface area (Å²) < 4.78 is 4.83. The van der Waals surface area contributed by atoms with E-state index in [1.54, 1.807) is 0 Å². The van der Waals surface area contributed by atoms with Crippen molar-refractivity contribution in [2.45, 2.75) is 6.42 Å². The molecular formula is C9H12N2O3. The van der Waals surface area contributed by atoms with Crippen molar-refractivity contribution in [2.75, 3.05) is 7.11 Å². The van der Waals surface area contributed by atoms with Crippen LogP contribution in [0.5, 0.6) is 17.2 Å². The highest BCUT2D eigenvalue weighted by atomic mass is 16.5. The van der Waals surface area contributed by atoms with Crippen LogP contribution in [0.4, 0.5) is 0 Å². The molecule has 0 amide bonds. The van der Waals surface area contributed by atoms with Gasteiger partial charge in [0.15, 0.2) is 11.5 Å². The number of rotatable bonds is 3. The molecule has 5 N–H and O–H groups in total. The summed E-state index contributed by atoms with van der Waals surface area (Å²) in [4.78, 5) is 0. The molecule has 0 saturated carbocycles. The van der Waals surface area contributed by atoms with Gasteiger partial charge in [-0.05, 0) is 17.7 Å². The van der Waals surface area contributed by atoms with Crippen LogP contribution in [-0.4, -0.2) is 23.2 Å². The van der Waals surface area contributed by atoms with Crippen molar-refractivity contribution in [3.63, 3.8) is 0 Å². The summed E-state index contributed by atoms with van der Waals surface area (Å²) in [7, 11) is 1.38. The summed E-state index contributed by atoms with van der Waals surface area (Å²) in [5, 5.41) is 25.7. The minimum atomic E-state index is -0.306. The molecule has 0 aromatic heterocycles. The molecule has 0 aliphatic carbocycles. The summed E-state index contributed by atoms with van der Waals surface area (Å²) in [6, 6.07) is 2.87. The van der Waals surface area contributed by atoms with Gasteiger partial charge in [0, 0.05) is 6.42 Å². The van der Waals surface area contributed by atoms with Crippen molar-refractivity contribution >= 4 is 5.84 Å². The first-order valence-electron chi connectivity index (χ1n) is 3.96. The molecule has 5 heteroatoms. The van der Waals surface area contributed by atoms with E-state index >= 15 is 0 Å². The Morgan fingerprint density at radius 2 is 2.14 bits per heavy atom. The van der Waals surface area contributed by atoms with Gasteiger partial charge in [0.25, 0.3) is 0 Å². The van der Waals surface area contributed by atoms with Gasteiger partial charge in [0.1, 0.15) is 0 Å². The van der Waals surface area contributed by atoms with Gasteiger partial charge in [-0.25, -0.2) is 0 Å². The molecule has 1 aromatic carbocycles. The Bertz CT molecular complexity index is 363. The van der Waals surface area contributed by atoms with E-state index in [0.717, 1.165) is 0 Å². The maximum Gasteiger partial charge on any atom is 0.200 e. The Hall–Kier alpha value is -1.91. The fourth-order valence-electron chi connectivity index (χ4n) is 1.13. The van der Waals surface area contributed by atoms with Crippen LogP contribution < -0.4 is 10.5 Å². The fourth-order valence-corrected chi connectivity index (χ4v) is 1.13. The van der Waals surface area contributed by atoms with Crippen molar-refractivity contribution in [1.29, 1.82) is 5.41 Å². The van der Waals surface area contributed by atoms with Crippen LogP contribution in [0.2, 0.25) is 0 Å². The molecule has 0 saturated heterocycles. The van der Waals surface area contributed by atoms with Gasteiger partial charge in [-0.15, -0.1) is 0 Å². The lowest BCUT2D eigenvalue weighted by atomic mass is 10.1. The topological polar surface area (TPSA) is 99.6 Å². The first-order valence-corrected chi connectivity index (χ1v) is 3.96. The normalized spacial score (nSPS) is 9.79. The van der Waals surface area contributed by atoms with E-state index in [2.05, 4.69) is 0 Å². The second kappa shape index (κ2) is 3.87. The summed E-state index contributed by atoms with van der Waals surface area (Å²) in [5.74, 6) is -0.432. The molecule has 14 heavy (non-hydrogen) atoms. The lowest BCUT2D eigenvalue weighted by Gasteiger charge is -2.07. The summed E-state index contributed by atoms with van der Waals surface area (Å²) in [5.41, 5.74) is 5.82. The zero-order chi connectivity index (χ0) is 10.7. The van der Waals surface area contributed by atoms with Gasteiger partial charge >= 0.3 is 0 Å². The SMILES string of the molecule is COc1cc(CC(=N)N)cc(O)c1O. The monoisotopic (exact) mass is 196 g/mol. The molecule has 0 unspecified atom stereocenters. The van der Waals surface area contributed by atoms with E-state index < -0.39 is 0 Å². The van der Waals surface area contributed by atoms with Gasteiger partial charge < -0.3 is 20.7 Å². The van der Waals surface area contributed by atoms with Crippen molar-refractivity contribution in [1.82, 2.24) is 0 Å². The van der Waals surface area contributed by atoms with E-state index in [1.807, 2.05) is 0 Å². The van der Waals surface area contributed by atoms with Crippen LogP contribution in [0.15, 0.2) is 12.1 Å². The minimum absolute atomic E-state index is 0.0165. The smallest absolute Gasteiger partial charge is 0.200 e. The number of methoxy groups -OCH3 is 1. The molecule has 0 aliphatic rings. The molecule has 0 aliphatic heterocycles. The van der Waals surface area contributed by atoms with E-state index in [0.29, 0.717) is 5.56 Å². The molecule has 5 nitrogen and oxygen atoms in total. The maximum atomic E-state index is 9.30. The number of aromatic hydroxyl groups is 2. The first-order chi connectivity index (χ1) is 6.54. The number of nitrogens with one attached hydrogen (secondary N) is 1. The number of ether oxygens (including phenoxy) is 1. The highest BCUT2D eigenvalue weighted by Crippen LogP contribution is 2.36. The van der Waals surface area contributed by atoms with Crippen LogP contribution in [-0.2, 0) is 6.42 Å². The van der Waals surface area contributed by atoms with Crippen LogP contribution in [0.25, 0.3) is 0 Å². The van der Waals surface area contributed by atoms with E-state index in [4.69, 9.17) is 15.9 Å². The predicted molar refractivity (Wildman–Crippen MR) is 51.9 cm³/mol. The number of phenols is 2. The Morgan fingerprint density at radius 3 is 2.64 bits per heavy atom. The average Bonchev–Trinajstić information content (AvgIpc) is 2.10. The molecule has 0 radical (unpaired) electrons. The maximum absolute atomic E-state index is 9.30. The lowest BCUT2D eigenvalue weighted by Crippen LogP contribution is -2.12. The molecule has 0 heterocycles. The van der Waals surface area contributed by atoms with Crippen LogP contribution in [0.3, 0.4) is 0 Å². The van der Waals surface area contributed by atoms with Crippen LogP contribution in [0, 0.1) is 5.41 Å². The summed E-state index contributed by atoms with van der Waals surface area (Å²) in [6.45, 7) is 0. The third kappa shape index (κ3) is 2.07. The van der Waals surface area contributed by atoms with Gasteiger partial charge in [-0.3, -0.25) is 5.41 Å².